The first-order valence-electron chi connectivity index (χ1n) is 13.8. The lowest BCUT2D eigenvalue weighted by Crippen LogP contribution is -2.30. The lowest BCUT2D eigenvalue weighted by atomic mass is 9.93. The summed E-state index contributed by atoms with van der Waals surface area (Å²) < 4.78 is 0. The Kier molecular flexibility index (Phi) is 7.06. The van der Waals surface area contributed by atoms with E-state index in [0.717, 1.165) is 54.0 Å². The quantitative estimate of drug-likeness (QED) is 0.438. The Morgan fingerprint density at radius 2 is 1.77 bits per heavy atom. The number of anilines is 3. The Morgan fingerprint density at radius 1 is 0.923 bits per heavy atom. The predicted octanol–water partition coefficient (Wildman–Crippen LogP) is 4.53. The van der Waals surface area contributed by atoms with Gasteiger partial charge in [0.25, 0.3) is 5.91 Å². The molecule has 1 saturated carbocycles. The van der Waals surface area contributed by atoms with Gasteiger partial charge in [-0.05, 0) is 74.4 Å². The highest BCUT2D eigenvalue weighted by Gasteiger charge is 2.29. The summed E-state index contributed by atoms with van der Waals surface area (Å²) in [5.41, 5.74) is 5.19. The van der Waals surface area contributed by atoms with Crippen molar-refractivity contribution in [3.63, 3.8) is 0 Å². The second-order valence-corrected chi connectivity index (χ2v) is 10.5. The Labute approximate surface area is 228 Å². The van der Waals surface area contributed by atoms with E-state index < -0.39 is 0 Å². The maximum Gasteiger partial charge on any atom is 0.274 e. The van der Waals surface area contributed by atoms with Gasteiger partial charge in [-0.3, -0.25) is 24.9 Å². The van der Waals surface area contributed by atoms with Crippen molar-refractivity contribution < 1.29 is 9.59 Å². The maximum absolute atomic E-state index is 13.5. The van der Waals surface area contributed by atoms with Gasteiger partial charge in [-0.1, -0.05) is 12.1 Å². The molecule has 2 aliphatic heterocycles. The van der Waals surface area contributed by atoms with E-state index in [1.54, 1.807) is 18.6 Å². The van der Waals surface area contributed by atoms with Crippen LogP contribution in [0, 0.1) is 5.92 Å². The van der Waals surface area contributed by atoms with Crippen LogP contribution in [0.2, 0.25) is 0 Å². The minimum Gasteiger partial charge on any atom is -0.357 e. The summed E-state index contributed by atoms with van der Waals surface area (Å²) in [6.45, 7) is 4.44. The van der Waals surface area contributed by atoms with Crippen LogP contribution in [0.3, 0.4) is 0 Å². The first-order valence-corrected chi connectivity index (χ1v) is 13.8. The number of carbonyl (C=O) groups is 2. The second-order valence-electron chi connectivity index (χ2n) is 10.5. The standard InChI is InChI=1S/C30H33N7O2/c1-19-25-9-7-21(22-13-24(16-31-15-22)36-29(38)20-5-6-20)14-26(25)28(34-18-33-19)30(39)35-23-8-10-27(32-17-23)37-11-3-2-4-12-37/h7-10,13-17,19-20,33H,2-6,11-12,18H2,1H3,(H,35,39)(H,36,38)/t19-/m1/s1. The summed E-state index contributed by atoms with van der Waals surface area (Å²) in [6.07, 6.45) is 10.7. The maximum atomic E-state index is 13.5. The van der Waals surface area contributed by atoms with Gasteiger partial charge >= 0.3 is 0 Å². The van der Waals surface area contributed by atoms with Crippen LogP contribution >= 0.6 is 0 Å². The number of pyridine rings is 2. The van der Waals surface area contributed by atoms with Gasteiger partial charge in [0.05, 0.1) is 30.4 Å². The van der Waals surface area contributed by atoms with E-state index in [1.807, 2.05) is 36.4 Å². The average Bonchev–Trinajstić information content (AvgIpc) is 3.83. The highest BCUT2D eigenvalue weighted by Crippen LogP contribution is 2.32. The van der Waals surface area contributed by atoms with E-state index in [4.69, 9.17) is 0 Å². The van der Waals surface area contributed by atoms with Gasteiger partial charge in [0, 0.05) is 42.4 Å². The van der Waals surface area contributed by atoms with Gasteiger partial charge in [-0.2, -0.15) is 0 Å². The number of rotatable bonds is 6. The van der Waals surface area contributed by atoms with E-state index in [1.165, 1.54) is 19.3 Å². The van der Waals surface area contributed by atoms with Gasteiger partial charge in [-0.25, -0.2) is 4.98 Å². The Bertz CT molecular complexity index is 1410. The molecule has 3 aromatic rings. The molecule has 39 heavy (non-hydrogen) atoms. The van der Waals surface area contributed by atoms with Crippen LogP contribution in [-0.4, -0.2) is 47.3 Å². The number of amides is 2. The molecule has 2 amide bonds. The fraction of sp³-hybridized carbons (Fsp3) is 0.367. The van der Waals surface area contributed by atoms with Gasteiger partial charge in [0.2, 0.25) is 5.91 Å². The van der Waals surface area contributed by atoms with Crippen LogP contribution in [0.4, 0.5) is 17.2 Å². The molecular formula is C30H33N7O2. The van der Waals surface area contributed by atoms with Crippen molar-refractivity contribution in [1.29, 1.82) is 0 Å². The average molecular weight is 524 g/mol. The van der Waals surface area contributed by atoms with Gasteiger partial charge in [0.1, 0.15) is 11.5 Å². The number of hydrogen-bond acceptors (Lipinski definition) is 7. The molecule has 0 bridgehead atoms. The smallest absolute Gasteiger partial charge is 0.274 e. The third-order valence-electron chi connectivity index (χ3n) is 7.60. The first-order chi connectivity index (χ1) is 19.0. The summed E-state index contributed by atoms with van der Waals surface area (Å²) in [4.78, 5) is 41.6. The Morgan fingerprint density at radius 3 is 2.54 bits per heavy atom. The van der Waals surface area contributed by atoms with Crippen LogP contribution in [0.15, 0.2) is 60.0 Å². The molecule has 200 valence electrons. The van der Waals surface area contributed by atoms with E-state index in [9.17, 15) is 9.59 Å². The van der Waals surface area contributed by atoms with Gasteiger partial charge in [-0.15, -0.1) is 0 Å². The largest absolute Gasteiger partial charge is 0.357 e. The van der Waals surface area contributed by atoms with E-state index in [-0.39, 0.29) is 23.8 Å². The number of benzene rings is 1. The molecule has 0 spiro atoms. The number of aromatic nitrogens is 2. The highest BCUT2D eigenvalue weighted by atomic mass is 16.2. The van der Waals surface area contributed by atoms with Crippen molar-refractivity contribution in [1.82, 2.24) is 15.3 Å². The lowest BCUT2D eigenvalue weighted by molar-refractivity contribution is -0.117. The first kappa shape index (κ1) is 25.2. The minimum absolute atomic E-state index is 0.0240. The molecule has 1 aliphatic carbocycles. The molecule has 9 nitrogen and oxygen atoms in total. The Balaban J connectivity index is 1.24. The van der Waals surface area contributed by atoms with Crippen molar-refractivity contribution >= 4 is 34.7 Å². The van der Waals surface area contributed by atoms with Crippen molar-refractivity contribution in [3.05, 3.63) is 66.1 Å². The molecule has 1 aromatic carbocycles. The summed E-state index contributed by atoms with van der Waals surface area (Å²) in [7, 11) is 0. The van der Waals surface area contributed by atoms with Crippen LogP contribution < -0.4 is 20.9 Å². The molecule has 4 heterocycles. The van der Waals surface area contributed by atoms with E-state index >= 15 is 0 Å². The molecule has 9 heteroatoms. The van der Waals surface area contributed by atoms with Crippen LogP contribution in [-0.2, 0) is 9.59 Å². The third-order valence-corrected chi connectivity index (χ3v) is 7.60. The highest BCUT2D eigenvalue weighted by molar-refractivity contribution is 6.49. The summed E-state index contributed by atoms with van der Waals surface area (Å²) in [6, 6.07) is 11.8. The molecule has 0 unspecified atom stereocenters. The number of nitrogens with one attached hydrogen (secondary N) is 3. The number of aliphatic imine (C=N–C) groups is 1. The Hall–Kier alpha value is -4.11. The zero-order valence-corrected chi connectivity index (χ0v) is 22.1. The summed E-state index contributed by atoms with van der Waals surface area (Å²) in [5.74, 6) is 0.820. The molecule has 3 aliphatic rings. The fourth-order valence-electron chi connectivity index (χ4n) is 5.19. The normalized spacial score (nSPS) is 18.9. The number of carbonyl (C=O) groups excluding carboxylic acids is 2. The number of fused-ring (bicyclic) bond motifs is 1. The van der Waals surface area contributed by atoms with Crippen molar-refractivity contribution in [2.75, 3.05) is 35.3 Å². The van der Waals surface area contributed by atoms with E-state index in [0.29, 0.717) is 23.8 Å². The zero-order chi connectivity index (χ0) is 26.8. The lowest BCUT2D eigenvalue weighted by Gasteiger charge is -2.27. The van der Waals surface area contributed by atoms with Crippen LogP contribution in [0.1, 0.15) is 56.2 Å². The third kappa shape index (κ3) is 5.68. The van der Waals surface area contributed by atoms with Gasteiger partial charge in [0.15, 0.2) is 0 Å². The van der Waals surface area contributed by atoms with Crippen molar-refractivity contribution in [2.45, 2.75) is 45.1 Å². The van der Waals surface area contributed by atoms with Crippen molar-refractivity contribution in [3.8, 4) is 11.1 Å². The zero-order valence-electron chi connectivity index (χ0n) is 22.1. The SMILES string of the molecule is C[C@H]1NCN=C(C(=O)Nc2ccc(N3CCCCC3)nc2)c2cc(-c3cncc(NC(=O)C4CC4)c3)ccc21. The summed E-state index contributed by atoms with van der Waals surface area (Å²) >= 11 is 0. The van der Waals surface area contributed by atoms with Gasteiger partial charge < -0.3 is 15.5 Å². The molecule has 3 N–H and O–H groups in total. The molecular weight excluding hydrogens is 490 g/mol. The van der Waals surface area contributed by atoms with E-state index in [2.05, 4.69) is 42.7 Å². The second kappa shape index (κ2) is 10.9. The number of piperidine rings is 1. The summed E-state index contributed by atoms with van der Waals surface area (Å²) in [5, 5.41) is 9.31. The monoisotopic (exact) mass is 523 g/mol. The molecule has 0 radical (unpaired) electrons. The minimum atomic E-state index is -0.277. The van der Waals surface area contributed by atoms with Crippen LogP contribution in [0.25, 0.3) is 11.1 Å². The van der Waals surface area contributed by atoms with Crippen LogP contribution in [0.5, 0.6) is 0 Å². The predicted molar refractivity (Wildman–Crippen MR) is 153 cm³/mol. The molecule has 1 atom stereocenters. The fourth-order valence-corrected chi connectivity index (χ4v) is 5.19. The number of nitrogens with zero attached hydrogens (tertiary/aromatic N) is 4. The molecule has 2 aromatic heterocycles. The topological polar surface area (TPSA) is 112 Å². The molecule has 1 saturated heterocycles. The molecule has 6 rings (SSSR count). The molecule has 2 fully saturated rings. The number of hydrogen-bond donors (Lipinski definition) is 3. The van der Waals surface area contributed by atoms with Crippen molar-refractivity contribution in [2.24, 2.45) is 10.9 Å².